The molecule has 3 rings (SSSR count). The van der Waals surface area contributed by atoms with Crippen LogP contribution in [0.5, 0.6) is 0 Å². The second-order valence-electron chi connectivity index (χ2n) is 4.23. The van der Waals surface area contributed by atoms with Gasteiger partial charge in [-0.25, -0.2) is 0 Å². The molecule has 2 aromatic rings. The summed E-state index contributed by atoms with van der Waals surface area (Å²) in [6, 6.07) is 10.0. The number of fused-ring (bicyclic) bond motifs is 1. The first-order chi connectivity index (χ1) is 7.83. The third kappa shape index (κ3) is 1.86. The molecule has 0 amide bonds. The molecule has 0 spiro atoms. The molecule has 0 saturated heterocycles. The third-order valence-corrected chi connectivity index (χ3v) is 2.83. The summed E-state index contributed by atoms with van der Waals surface area (Å²) in [5.74, 6) is 0.484. The van der Waals surface area contributed by atoms with E-state index in [0.717, 1.165) is 11.0 Å². The quantitative estimate of drug-likeness (QED) is 0.796. The van der Waals surface area contributed by atoms with Gasteiger partial charge in [-0.2, -0.15) is 0 Å². The molecule has 0 bridgehead atoms. The van der Waals surface area contributed by atoms with Gasteiger partial charge in [0.1, 0.15) is 5.58 Å². The third-order valence-electron chi connectivity index (χ3n) is 2.83. The first-order valence-corrected chi connectivity index (χ1v) is 5.58. The molecule has 1 aromatic carbocycles. The number of ketones is 1. The highest BCUT2D eigenvalue weighted by atomic mass is 16.3. The van der Waals surface area contributed by atoms with E-state index >= 15 is 0 Å². The maximum absolute atomic E-state index is 11.8. The van der Waals surface area contributed by atoms with Crippen LogP contribution in [0.2, 0.25) is 0 Å². The zero-order valence-corrected chi connectivity index (χ0v) is 8.90. The van der Waals surface area contributed by atoms with Crippen molar-refractivity contribution in [2.24, 2.45) is 0 Å². The summed E-state index contributed by atoms with van der Waals surface area (Å²) >= 11 is 0. The molecule has 1 aliphatic carbocycles. The number of Topliss-reactive ketones (excluding diaryl/α,β-unsaturated/α-hetero) is 1. The second-order valence-corrected chi connectivity index (χ2v) is 4.23. The molecule has 1 N–H and O–H groups in total. The first-order valence-electron chi connectivity index (χ1n) is 5.58. The minimum atomic E-state index is 0.0306. The van der Waals surface area contributed by atoms with Gasteiger partial charge in [-0.3, -0.25) is 4.79 Å². The molecule has 0 atom stereocenters. The molecule has 1 fully saturated rings. The van der Waals surface area contributed by atoms with Crippen molar-refractivity contribution in [2.45, 2.75) is 18.9 Å². The number of carbonyl (C=O) groups excluding carboxylic acids is 1. The largest absolute Gasteiger partial charge is 0.453 e. The lowest BCUT2D eigenvalue weighted by molar-refractivity contribution is 0.0966. The van der Waals surface area contributed by atoms with Gasteiger partial charge in [-0.15, -0.1) is 0 Å². The number of hydrogen-bond donors (Lipinski definition) is 1. The van der Waals surface area contributed by atoms with Crippen molar-refractivity contribution >= 4 is 16.8 Å². The SMILES string of the molecule is O=C(CNC1CC1)c1cc2ccccc2o1. The van der Waals surface area contributed by atoms with E-state index in [1.807, 2.05) is 30.3 Å². The van der Waals surface area contributed by atoms with Crippen LogP contribution in [0, 0.1) is 0 Å². The molecular weight excluding hydrogens is 202 g/mol. The lowest BCUT2D eigenvalue weighted by Gasteiger charge is -1.98. The molecule has 3 nitrogen and oxygen atoms in total. The standard InChI is InChI=1S/C13H13NO2/c15-11(8-14-10-5-6-10)13-7-9-3-1-2-4-12(9)16-13/h1-4,7,10,14H,5-6,8H2. The molecule has 82 valence electrons. The average molecular weight is 215 g/mol. The monoisotopic (exact) mass is 215 g/mol. The summed E-state index contributed by atoms with van der Waals surface area (Å²) in [6.07, 6.45) is 2.38. The highest BCUT2D eigenvalue weighted by Crippen LogP contribution is 2.20. The molecule has 0 radical (unpaired) electrons. The van der Waals surface area contributed by atoms with Crippen LogP contribution >= 0.6 is 0 Å². The molecule has 1 aliphatic rings. The molecule has 3 heteroatoms. The van der Waals surface area contributed by atoms with E-state index in [0.29, 0.717) is 18.3 Å². The van der Waals surface area contributed by atoms with Crippen LogP contribution in [0.3, 0.4) is 0 Å². The lowest BCUT2D eigenvalue weighted by atomic mass is 10.2. The molecule has 1 aromatic heterocycles. The average Bonchev–Trinajstić information content (AvgIpc) is 3.02. The van der Waals surface area contributed by atoms with E-state index in [1.165, 1.54) is 12.8 Å². The smallest absolute Gasteiger partial charge is 0.211 e. The predicted molar refractivity (Wildman–Crippen MR) is 61.6 cm³/mol. The number of rotatable bonds is 4. The van der Waals surface area contributed by atoms with Gasteiger partial charge in [0.25, 0.3) is 0 Å². The zero-order valence-electron chi connectivity index (χ0n) is 8.90. The van der Waals surface area contributed by atoms with Gasteiger partial charge in [-0.1, -0.05) is 18.2 Å². The first kappa shape index (κ1) is 9.60. The van der Waals surface area contributed by atoms with Gasteiger partial charge in [0.05, 0.1) is 6.54 Å². The van der Waals surface area contributed by atoms with Crippen molar-refractivity contribution in [3.8, 4) is 0 Å². The van der Waals surface area contributed by atoms with Gasteiger partial charge in [0.15, 0.2) is 5.76 Å². The fourth-order valence-electron chi connectivity index (χ4n) is 1.73. The highest BCUT2D eigenvalue weighted by molar-refractivity contribution is 5.98. The predicted octanol–water partition coefficient (Wildman–Crippen LogP) is 2.37. The summed E-state index contributed by atoms with van der Waals surface area (Å²) in [4.78, 5) is 11.8. The van der Waals surface area contributed by atoms with E-state index in [-0.39, 0.29) is 5.78 Å². The van der Waals surface area contributed by atoms with E-state index in [2.05, 4.69) is 5.32 Å². The van der Waals surface area contributed by atoms with Crippen molar-refractivity contribution in [3.05, 3.63) is 36.1 Å². The zero-order chi connectivity index (χ0) is 11.0. The maximum atomic E-state index is 11.8. The Hall–Kier alpha value is -1.61. The number of carbonyl (C=O) groups is 1. The summed E-state index contributed by atoms with van der Waals surface area (Å²) < 4.78 is 5.49. The minimum absolute atomic E-state index is 0.0306. The minimum Gasteiger partial charge on any atom is -0.453 e. The molecule has 1 heterocycles. The Morgan fingerprint density at radius 1 is 1.38 bits per heavy atom. The van der Waals surface area contributed by atoms with Crippen molar-refractivity contribution < 1.29 is 9.21 Å². The topological polar surface area (TPSA) is 42.2 Å². The van der Waals surface area contributed by atoms with Crippen molar-refractivity contribution in [2.75, 3.05) is 6.54 Å². The Kier molecular flexibility index (Phi) is 2.26. The summed E-state index contributed by atoms with van der Waals surface area (Å²) in [5, 5.41) is 4.17. The van der Waals surface area contributed by atoms with Gasteiger partial charge in [0, 0.05) is 11.4 Å². The van der Waals surface area contributed by atoms with E-state index < -0.39 is 0 Å². The van der Waals surface area contributed by atoms with E-state index in [9.17, 15) is 4.79 Å². The number of benzene rings is 1. The molecule has 16 heavy (non-hydrogen) atoms. The van der Waals surface area contributed by atoms with Crippen LogP contribution in [-0.4, -0.2) is 18.4 Å². The van der Waals surface area contributed by atoms with Gasteiger partial charge in [-0.05, 0) is 25.0 Å². The van der Waals surface area contributed by atoms with Crippen LogP contribution in [0.25, 0.3) is 11.0 Å². The van der Waals surface area contributed by atoms with Crippen LogP contribution in [-0.2, 0) is 0 Å². The van der Waals surface area contributed by atoms with Gasteiger partial charge >= 0.3 is 0 Å². The molecule has 0 unspecified atom stereocenters. The van der Waals surface area contributed by atoms with E-state index in [1.54, 1.807) is 0 Å². The molecule has 1 saturated carbocycles. The molecular formula is C13H13NO2. The van der Waals surface area contributed by atoms with Crippen LogP contribution in [0.1, 0.15) is 23.4 Å². The van der Waals surface area contributed by atoms with Crippen LogP contribution < -0.4 is 5.32 Å². The maximum Gasteiger partial charge on any atom is 0.211 e. The van der Waals surface area contributed by atoms with Crippen LogP contribution in [0.4, 0.5) is 0 Å². The Morgan fingerprint density at radius 2 is 2.19 bits per heavy atom. The highest BCUT2D eigenvalue weighted by Gasteiger charge is 2.22. The summed E-state index contributed by atoms with van der Waals surface area (Å²) in [7, 11) is 0. The fourth-order valence-corrected chi connectivity index (χ4v) is 1.73. The molecule has 0 aliphatic heterocycles. The van der Waals surface area contributed by atoms with Crippen molar-refractivity contribution in [1.82, 2.24) is 5.32 Å². The number of para-hydroxylation sites is 1. The Labute approximate surface area is 93.4 Å². The lowest BCUT2D eigenvalue weighted by Crippen LogP contribution is -2.24. The van der Waals surface area contributed by atoms with E-state index in [4.69, 9.17) is 4.42 Å². The Morgan fingerprint density at radius 3 is 2.94 bits per heavy atom. The number of nitrogens with one attached hydrogen (secondary N) is 1. The number of furan rings is 1. The summed E-state index contributed by atoms with van der Waals surface area (Å²) in [5.41, 5.74) is 0.775. The number of hydrogen-bond acceptors (Lipinski definition) is 3. The summed E-state index contributed by atoms with van der Waals surface area (Å²) in [6.45, 7) is 0.379. The van der Waals surface area contributed by atoms with Crippen LogP contribution in [0.15, 0.2) is 34.7 Å². The second kappa shape index (κ2) is 3.76. The fraction of sp³-hybridized carbons (Fsp3) is 0.308. The van der Waals surface area contributed by atoms with Crippen molar-refractivity contribution in [1.29, 1.82) is 0 Å². The normalized spacial score (nSPS) is 15.5. The Balaban J connectivity index is 1.78. The van der Waals surface area contributed by atoms with Crippen molar-refractivity contribution in [3.63, 3.8) is 0 Å². The Bertz CT molecular complexity index is 492. The van der Waals surface area contributed by atoms with Gasteiger partial charge < -0.3 is 9.73 Å². The van der Waals surface area contributed by atoms with Gasteiger partial charge in [0.2, 0.25) is 5.78 Å².